The molecular weight excluding hydrogens is 561 g/mol. The molecule has 9 heteroatoms. The van der Waals surface area contributed by atoms with Gasteiger partial charge in [0.1, 0.15) is 5.75 Å². The Morgan fingerprint density at radius 2 is 1.66 bits per heavy atom. The molecule has 2 aliphatic heterocycles. The summed E-state index contributed by atoms with van der Waals surface area (Å²) in [6.07, 6.45) is 3.03. The smallest absolute Gasteiger partial charge is 0.313 e. The highest BCUT2D eigenvalue weighted by atomic mass is 35.5. The van der Waals surface area contributed by atoms with E-state index in [1.54, 1.807) is 4.90 Å². The fourth-order valence-corrected chi connectivity index (χ4v) is 5.35. The third-order valence-electron chi connectivity index (χ3n) is 8.75. The number of amides is 1. The lowest BCUT2D eigenvalue weighted by molar-refractivity contribution is -0.160. The summed E-state index contributed by atoms with van der Waals surface area (Å²) in [7, 11) is 0. The average molecular weight is 605 g/mol. The van der Waals surface area contributed by atoms with Crippen molar-refractivity contribution in [3.8, 4) is 5.75 Å². The first kappa shape index (κ1) is 31.5. The molecular formula is C32H43Cl2N3O4. The fourth-order valence-electron chi connectivity index (χ4n) is 4.93. The zero-order valence-electron chi connectivity index (χ0n) is 25.0. The number of halogens is 2. The van der Waals surface area contributed by atoms with Crippen molar-refractivity contribution < 1.29 is 19.1 Å². The Kier molecular flexibility index (Phi) is 10.1. The van der Waals surface area contributed by atoms with Gasteiger partial charge in [0, 0.05) is 38.7 Å². The molecule has 0 aromatic heterocycles. The van der Waals surface area contributed by atoms with Crippen LogP contribution in [-0.2, 0) is 20.7 Å². The molecule has 2 aliphatic rings. The molecule has 7 nitrogen and oxygen atoms in total. The highest BCUT2D eigenvalue weighted by Crippen LogP contribution is 2.39. The van der Waals surface area contributed by atoms with Crippen molar-refractivity contribution in [2.24, 2.45) is 10.8 Å². The van der Waals surface area contributed by atoms with Crippen LogP contribution in [0.1, 0.15) is 59.4 Å². The van der Waals surface area contributed by atoms with Crippen molar-refractivity contribution in [2.75, 3.05) is 55.9 Å². The molecule has 0 atom stereocenters. The van der Waals surface area contributed by atoms with Gasteiger partial charge < -0.3 is 14.4 Å². The summed E-state index contributed by atoms with van der Waals surface area (Å²) >= 11 is 12.6. The summed E-state index contributed by atoms with van der Waals surface area (Å²) < 4.78 is 11.7. The van der Waals surface area contributed by atoms with Crippen LogP contribution in [0.15, 0.2) is 36.4 Å². The van der Waals surface area contributed by atoms with Crippen molar-refractivity contribution in [3.63, 3.8) is 0 Å². The summed E-state index contributed by atoms with van der Waals surface area (Å²) in [4.78, 5) is 32.0. The summed E-state index contributed by atoms with van der Waals surface area (Å²) in [5.74, 6) is 0.359. The molecule has 0 N–H and O–H groups in total. The molecule has 4 rings (SSSR count). The zero-order valence-corrected chi connectivity index (χ0v) is 26.5. The summed E-state index contributed by atoms with van der Waals surface area (Å²) in [6, 6.07) is 11.7. The largest absolute Gasteiger partial charge is 0.494 e. The van der Waals surface area contributed by atoms with Gasteiger partial charge in [-0.15, -0.1) is 0 Å². The first-order chi connectivity index (χ1) is 19.4. The number of unbranched alkanes of at least 4 members (excludes halogenated alkanes) is 1. The zero-order chi connectivity index (χ0) is 29.8. The van der Waals surface area contributed by atoms with E-state index in [-0.39, 0.29) is 24.0 Å². The number of hydrogen-bond donors (Lipinski definition) is 0. The van der Waals surface area contributed by atoms with Crippen molar-refractivity contribution in [1.82, 2.24) is 4.90 Å². The minimum atomic E-state index is -0.683. The maximum atomic E-state index is 12.9. The van der Waals surface area contributed by atoms with Gasteiger partial charge in [-0.05, 0) is 68.8 Å². The van der Waals surface area contributed by atoms with E-state index in [1.807, 2.05) is 71.0 Å². The van der Waals surface area contributed by atoms with E-state index in [0.717, 1.165) is 68.3 Å². The predicted molar refractivity (Wildman–Crippen MR) is 166 cm³/mol. The number of carbonyl (C=O) groups is 2. The lowest BCUT2D eigenvalue weighted by atomic mass is 9.69. The van der Waals surface area contributed by atoms with Gasteiger partial charge in [-0.1, -0.05) is 56.1 Å². The quantitative estimate of drug-likeness (QED) is 0.219. The Labute approximate surface area is 254 Å². The van der Waals surface area contributed by atoms with Gasteiger partial charge in [0.2, 0.25) is 5.91 Å². The van der Waals surface area contributed by atoms with Crippen LogP contribution >= 0.6 is 23.2 Å². The molecule has 1 saturated heterocycles. The molecule has 41 heavy (non-hydrogen) atoms. The van der Waals surface area contributed by atoms with Crippen LogP contribution in [0.2, 0.25) is 10.0 Å². The van der Waals surface area contributed by atoms with Gasteiger partial charge in [0.25, 0.3) is 0 Å². The Balaban J connectivity index is 1.23. The molecule has 0 aliphatic carbocycles. The number of benzene rings is 2. The maximum absolute atomic E-state index is 12.9. The number of ether oxygens (including phenoxy) is 2. The van der Waals surface area contributed by atoms with Gasteiger partial charge in [0.15, 0.2) is 6.73 Å². The van der Waals surface area contributed by atoms with Crippen LogP contribution in [0.5, 0.6) is 5.75 Å². The maximum Gasteiger partial charge on any atom is 0.313 e. The van der Waals surface area contributed by atoms with E-state index in [0.29, 0.717) is 29.5 Å². The minimum absolute atomic E-state index is 0.0475. The summed E-state index contributed by atoms with van der Waals surface area (Å²) in [5, 5.41) is 1.22. The van der Waals surface area contributed by atoms with E-state index in [2.05, 4.69) is 9.80 Å². The van der Waals surface area contributed by atoms with E-state index in [1.165, 1.54) is 0 Å². The standard InChI is InChI=1S/C32H43Cl2N3O4/c1-31(2,3)32(4,5)30(39)41-22-37-27-21-24(13-11-23(27)12-14-28(37)38)40-20-7-6-15-35-16-18-36(19-17-35)26-10-8-9-25(33)29(26)34/h8-11,13,21H,6-7,12,14-20,22H2,1-5H3. The second-order valence-electron chi connectivity index (χ2n) is 12.5. The Morgan fingerprint density at radius 3 is 2.37 bits per heavy atom. The molecule has 224 valence electrons. The van der Waals surface area contributed by atoms with Crippen LogP contribution in [0.3, 0.4) is 0 Å². The van der Waals surface area contributed by atoms with E-state index >= 15 is 0 Å². The number of hydrogen-bond acceptors (Lipinski definition) is 6. The molecule has 0 bridgehead atoms. The van der Waals surface area contributed by atoms with Crippen molar-refractivity contribution in [1.29, 1.82) is 0 Å². The molecule has 2 heterocycles. The van der Waals surface area contributed by atoms with Crippen LogP contribution in [-0.4, -0.2) is 62.8 Å². The number of anilines is 2. The number of piperazine rings is 1. The SMILES string of the molecule is CC(C)(C)C(C)(C)C(=O)OCN1C(=O)CCc2ccc(OCCCCN3CCN(c4cccc(Cl)c4Cl)CC3)cc21. The number of aryl methyl sites for hydroxylation is 1. The second-order valence-corrected chi connectivity index (χ2v) is 13.3. The Morgan fingerprint density at radius 1 is 0.927 bits per heavy atom. The average Bonchev–Trinajstić information content (AvgIpc) is 2.93. The van der Waals surface area contributed by atoms with Crippen molar-refractivity contribution in [3.05, 3.63) is 52.0 Å². The molecule has 0 unspecified atom stereocenters. The van der Waals surface area contributed by atoms with Crippen molar-refractivity contribution in [2.45, 2.75) is 60.3 Å². The number of esters is 1. The molecule has 1 amide bonds. The van der Waals surface area contributed by atoms with Gasteiger partial charge in [-0.2, -0.15) is 0 Å². The first-order valence-electron chi connectivity index (χ1n) is 14.5. The molecule has 2 aromatic rings. The predicted octanol–water partition coefficient (Wildman–Crippen LogP) is 6.83. The van der Waals surface area contributed by atoms with Crippen LogP contribution in [0.4, 0.5) is 11.4 Å². The molecule has 1 fully saturated rings. The molecule has 0 saturated carbocycles. The fraction of sp³-hybridized carbons (Fsp3) is 0.562. The van der Waals surface area contributed by atoms with Gasteiger partial charge in [-0.25, -0.2) is 0 Å². The van der Waals surface area contributed by atoms with E-state index in [4.69, 9.17) is 32.7 Å². The van der Waals surface area contributed by atoms with Crippen LogP contribution in [0, 0.1) is 10.8 Å². The number of carbonyl (C=O) groups excluding carboxylic acids is 2. The first-order valence-corrected chi connectivity index (χ1v) is 15.3. The molecule has 0 spiro atoms. The Hall–Kier alpha value is -2.48. The Bertz CT molecular complexity index is 1240. The summed E-state index contributed by atoms with van der Waals surface area (Å²) in [6.45, 7) is 15.1. The summed E-state index contributed by atoms with van der Waals surface area (Å²) in [5.41, 5.74) is 1.87. The number of fused-ring (bicyclic) bond motifs is 1. The monoisotopic (exact) mass is 603 g/mol. The highest BCUT2D eigenvalue weighted by molar-refractivity contribution is 6.43. The number of rotatable bonds is 10. The molecule has 2 aromatic carbocycles. The highest BCUT2D eigenvalue weighted by Gasteiger charge is 2.41. The van der Waals surface area contributed by atoms with Gasteiger partial charge in [-0.3, -0.25) is 19.4 Å². The van der Waals surface area contributed by atoms with E-state index < -0.39 is 5.41 Å². The van der Waals surface area contributed by atoms with Gasteiger partial charge >= 0.3 is 5.97 Å². The van der Waals surface area contributed by atoms with Crippen molar-refractivity contribution >= 4 is 46.5 Å². The second kappa shape index (κ2) is 13.2. The topological polar surface area (TPSA) is 62.3 Å². The van der Waals surface area contributed by atoms with Crippen LogP contribution < -0.4 is 14.5 Å². The normalized spacial score (nSPS) is 16.5. The van der Waals surface area contributed by atoms with Gasteiger partial charge in [0.05, 0.1) is 33.4 Å². The lowest BCUT2D eigenvalue weighted by Crippen LogP contribution is -2.46. The number of nitrogens with zero attached hydrogens (tertiary/aromatic N) is 3. The molecule has 0 radical (unpaired) electrons. The van der Waals surface area contributed by atoms with E-state index in [9.17, 15) is 9.59 Å². The third-order valence-corrected chi connectivity index (χ3v) is 9.56. The lowest BCUT2D eigenvalue weighted by Gasteiger charge is -2.37. The third kappa shape index (κ3) is 7.49. The van der Waals surface area contributed by atoms with Crippen LogP contribution in [0.25, 0.3) is 0 Å². The minimum Gasteiger partial charge on any atom is -0.494 e.